The number of nitrogens with two attached hydrogens (primary N) is 2. The third-order valence-corrected chi connectivity index (χ3v) is 10.1. The van der Waals surface area contributed by atoms with Crippen molar-refractivity contribution < 1.29 is 38.9 Å². The fourth-order valence-electron chi connectivity index (χ4n) is 5.08. The highest BCUT2D eigenvalue weighted by atomic mass is 32.2. The summed E-state index contributed by atoms with van der Waals surface area (Å²) in [6.45, 7) is 0. The molecule has 7 N–H and O–H groups in total. The van der Waals surface area contributed by atoms with E-state index in [4.69, 9.17) is 11.5 Å². The molecule has 18 heteroatoms. The van der Waals surface area contributed by atoms with Gasteiger partial charge < -0.3 is 11.5 Å². The van der Waals surface area contributed by atoms with Crippen LogP contribution >= 0.6 is 0 Å². The van der Waals surface area contributed by atoms with Crippen molar-refractivity contribution in [1.82, 2.24) is 0 Å². The molecule has 0 heterocycles. The molecule has 6 rings (SSSR count). The molecule has 0 atom stereocenters. The molecule has 0 aromatic heterocycles. The zero-order valence-corrected chi connectivity index (χ0v) is 27.7. The van der Waals surface area contributed by atoms with E-state index < -0.39 is 45.8 Å². The van der Waals surface area contributed by atoms with Gasteiger partial charge in [-0.25, -0.2) is 0 Å². The van der Waals surface area contributed by atoms with Crippen molar-refractivity contribution in [3.05, 3.63) is 103 Å². The summed E-state index contributed by atoms with van der Waals surface area (Å²) in [6, 6.07) is 25.5. The third kappa shape index (κ3) is 7.06. The second kappa shape index (κ2) is 12.7. The van der Waals surface area contributed by atoms with Gasteiger partial charge in [0.15, 0.2) is 0 Å². The number of azo groups is 2. The predicted molar refractivity (Wildman–Crippen MR) is 186 cm³/mol. The number of hydrogen-bond donors (Lipinski definition) is 5. The van der Waals surface area contributed by atoms with Crippen LogP contribution in [0.3, 0.4) is 0 Å². The van der Waals surface area contributed by atoms with Crippen LogP contribution in [0, 0.1) is 0 Å². The van der Waals surface area contributed by atoms with E-state index in [1.807, 2.05) is 12.1 Å². The molecule has 0 spiro atoms. The molecule has 0 saturated heterocycles. The molecule has 0 unspecified atom stereocenters. The number of rotatable bonds is 8. The molecule has 0 aliphatic heterocycles. The van der Waals surface area contributed by atoms with Crippen LogP contribution < -0.4 is 11.5 Å². The van der Waals surface area contributed by atoms with Crippen molar-refractivity contribution in [2.75, 3.05) is 11.5 Å². The molecule has 6 aromatic rings. The van der Waals surface area contributed by atoms with Gasteiger partial charge in [-0.05, 0) is 82.6 Å². The van der Waals surface area contributed by atoms with E-state index >= 15 is 0 Å². The quantitative estimate of drug-likeness (QED) is 0.0584. The Morgan fingerprint density at radius 3 is 1.40 bits per heavy atom. The maximum absolute atomic E-state index is 12.0. The van der Waals surface area contributed by atoms with Crippen molar-refractivity contribution in [3.63, 3.8) is 0 Å². The molecule has 0 saturated carbocycles. The maximum atomic E-state index is 12.0. The number of fused-ring (bicyclic) bond motifs is 2. The van der Waals surface area contributed by atoms with Gasteiger partial charge in [0.1, 0.15) is 16.3 Å². The van der Waals surface area contributed by atoms with Gasteiger partial charge >= 0.3 is 0 Å². The summed E-state index contributed by atoms with van der Waals surface area (Å²) in [5.74, 6) is 0. The van der Waals surface area contributed by atoms with Gasteiger partial charge in [-0.15, -0.1) is 10.2 Å². The Morgan fingerprint density at radius 1 is 0.460 bits per heavy atom. The SMILES string of the molecule is Nc1ccc2cc(S(=O)(=O)O)ccc2c1N=Nc1ccc(-c2ccc(N=Nc3c(N)c(S(=O)(=O)O)cc4cc(S(=O)(=O)O)ccc34)cc2)cc1. The van der Waals surface area contributed by atoms with E-state index in [9.17, 15) is 38.9 Å². The summed E-state index contributed by atoms with van der Waals surface area (Å²) < 4.78 is 98.7. The van der Waals surface area contributed by atoms with Crippen LogP contribution in [0.15, 0.2) is 138 Å². The molecule has 15 nitrogen and oxygen atoms in total. The van der Waals surface area contributed by atoms with Gasteiger partial charge in [0.05, 0.1) is 32.5 Å². The summed E-state index contributed by atoms with van der Waals surface area (Å²) in [7, 11) is -13.8. The van der Waals surface area contributed by atoms with E-state index in [1.54, 1.807) is 48.5 Å². The average molecular weight is 733 g/mol. The third-order valence-electron chi connectivity index (χ3n) is 7.55. The summed E-state index contributed by atoms with van der Waals surface area (Å²) >= 11 is 0. The lowest BCUT2D eigenvalue weighted by Crippen LogP contribution is -2.04. The summed E-state index contributed by atoms with van der Waals surface area (Å²) in [5.41, 5.74) is 14.7. The van der Waals surface area contributed by atoms with Gasteiger partial charge in [-0.1, -0.05) is 42.5 Å². The highest BCUT2D eigenvalue weighted by molar-refractivity contribution is 7.86. The minimum atomic E-state index is -4.84. The predicted octanol–water partition coefficient (Wildman–Crippen LogP) is 7.40. The number of benzene rings is 6. The van der Waals surface area contributed by atoms with Gasteiger partial charge in [0.2, 0.25) is 0 Å². The minimum absolute atomic E-state index is 0.0177. The molecule has 0 aliphatic rings. The minimum Gasteiger partial charge on any atom is -0.397 e. The number of nitrogen functional groups attached to an aromatic ring is 2. The fraction of sp³-hybridized carbons (Fsp3) is 0. The van der Waals surface area contributed by atoms with Gasteiger partial charge in [-0.3, -0.25) is 13.7 Å². The smallest absolute Gasteiger partial charge is 0.296 e. The van der Waals surface area contributed by atoms with E-state index in [0.29, 0.717) is 33.5 Å². The molecule has 0 aliphatic carbocycles. The molecule has 6 aromatic carbocycles. The lowest BCUT2D eigenvalue weighted by molar-refractivity contribution is 0.481. The first-order valence-corrected chi connectivity index (χ1v) is 18.5. The standard InChI is InChI=1S/C32H24N6O9S3/c33-28-14-5-20-15-24(48(39,40)41)10-12-26(20)31(28)37-35-22-6-1-18(2-7-22)19-3-8-23(9-4-19)36-38-32-27-13-11-25(49(42,43)44)16-21(27)17-29(30(32)34)50(45,46)47/h1-17H,33-34H2,(H,39,40,41)(H,42,43,44)(H,45,46,47). The van der Waals surface area contributed by atoms with Crippen LogP contribution in [0.2, 0.25) is 0 Å². The summed E-state index contributed by atoms with van der Waals surface area (Å²) in [4.78, 5) is -1.47. The average Bonchev–Trinajstić information content (AvgIpc) is 3.06. The Labute approximate surface area is 284 Å². The largest absolute Gasteiger partial charge is 0.397 e. The molecular formula is C32H24N6O9S3. The number of anilines is 2. The van der Waals surface area contributed by atoms with Crippen LogP contribution in [0.25, 0.3) is 32.7 Å². The Kier molecular flexibility index (Phi) is 8.68. The highest BCUT2D eigenvalue weighted by Gasteiger charge is 2.21. The van der Waals surface area contributed by atoms with Crippen LogP contribution in [0.5, 0.6) is 0 Å². The molecule has 0 amide bonds. The van der Waals surface area contributed by atoms with Crippen molar-refractivity contribution in [2.45, 2.75) is 14.7 Å². The second-order valence-electron chi connectivity index (χ2n) is 10.8. The van der Waals surface area contributed by atoms with E-state index in [2.05, 4.69) is 20.5 Å². The topological polar surface area (TPSA) is 265 Å². The van der Waals surface area contributed by atoms with Gasteiger partial charge in [0, 0.05) is 10.8 Å². The lowest BCUT2D eigenvalue weighted by atomic mass is 10.1. The van der Waals surface area contributed by atoms with E-state index in [0.717, 1.165) is 29.3 Å². The molecule has 50 heavy (non-hydrogen) atoms. The van der Waals surface area contributed by atoms with E-state index in [1.165, 1.54) is 24.3 Å². The zero-order valence-electron chi connectivity index (χ0n) is 25.3. The van der Waals surface area contributed by atoms with Gasteiger partial charge in [-0.2, -0.15) is 35.5 Å². The molecule has 0 radical (unpaired) electrons. The molecule has 0 fully saturated rings. The van der Waals surface area contributed by atoms with Crippen LogP contribution in [0.1, 0.15) is 0 Å². The normalized spacial score (nSPS) is 12.8. The first-order chi connectivity index (χ1) is 23.5. The van der Waals surface area contributed by atoms with E-state index in [-0.39, 0.29) is 21.4 Å². The van der Waals surface area contributed by atoms with Crippen molar-refractivity contribution in [2.24, 2.45) is 20.5 Å². The Balaban J connectivity index is 1.24. The second-order valence-corrected chi connectivity index (χ2v) is 15.1. The summed E-state index contributed by atoms with van der Waals surface area (Å²) in [5, 5.41) is 18.1. The Morgan fingerprint density at radius 2 is 0.920 bits per heavy atom. The Bertz CT molecular complexity index is 2740. The molecule has 254 valence electrons. The number of hydrogen-bond acceptors (Lipinski definition) is 12. The van der Waals surface area contributed by atoms with Crippen molar-refractivity contribution in [1.29, 1.82) is 0 Å². The zero-order chi connectivity index (χ0) is 36.0. The maximum Gasteiger partial charge on any atom is 0.296 e. The van der Waals surface area contributed by atoms with Crippen LogP contribution in [-0.4, -0.2) is 38.9 Å². The first kappa shape index (κ1) is 34.2. The first-order valence-electron chi connectivity index (χ1n) is 14.1. The Hall–Kier alpha value is -5.63. The van der Waals surface area contributed by atoms with Crippen LogP contribution in [-0.2, 0) is 30.4 Å². The van der Waals surface area contributed by atoms with Crippen molar-refractivity contribution in [3.8, 4) is 11.1 Å². The van der Waals surface area contributed by atoms with Gasteiger partial charge in [0.25, 0.3) is 30.4 Å². The monoisotopic (exact) mass is 732 g/mol. The van der Waals surface area contributed by atoms with Crippen LogP contribution in [0.4, 0.5) is 34.1 Å². The summed E-state index contributed by atoms with van der Waals surface area (Å²) in [6.07, 6.45) is 0. The molecule has 0 bridgehead atoms. The fourth-order valence-corrected chi connectivity index (χ4v) is 6.76. The highest BCUT2D eigenvalue weighted by Crippen LogP contribution is 2.40. The number of nitrogens with zero attached hydrogens (tertiary/aromatic N) is 4. The molecular weight excluding hydrogens is 709 g/mol. The van der Waals surface area contributed by atoms with Crippen molar-refractivity contribution >= 4 is 86.0 Å². The lowest BCUT2D eigenvalue weighted by Gasteiger charge is -2.10.